The number of unbranched alkanes of at least 4 members (excludes halogenated alkanes) is 1. The van der Waals surface area contributed by atoms with Crippen LogP contribution in [0.1, 0.15) is 40.7 Å². The lowest BCUT2D eigenvalue weighted by Gasteiger charge is -2.15. The Balaban J connectivity index is 1.91. The molecule has 3 aromatic rings. The zero-order chi connectivity index (χ0) is 18.0. The van der Waals surface area contributed by atoms with Gasteiger partial charge in [-0.2, -0.15) is 5.10 Å². The van der Waals surface area contributed by atoms with Crippen molar-refractivity contribution >= 4 is 39.1 Å². The van der Waals surface area contributed by atoms with E-state index >= 15 is 0 Å². The van der Waals surface area contributed by atoms with Crippen molar-refractivity contribution in [3.05, 3.63) is 51.5 Å². The Hall–Kier alpha value is -1.85. The van der Waals surface area contributed by atoms with E-state index in [1.165, 1.54) is 11.3 Å². The standard InChI is InChI=1S/C19H22ClN3OS/c1-4-5-10-22(3)18(24)17-11-15-13(2)21-23(19(15)25-17)12-14-8-6-7-9-16(14)20/h6-9,11H,4-5,10,12H2,1-3H3. The van der Waals surface area contributed by atoms with E-state index in [1.807, 2.05) is 49.0 Å². The summed E-state index contributed by atoms with van der Waals surface area (Å²) in [4.78, 5) is 16.2. The molecule has 0 aliphatic heterocycles. The van der Waals surface area contributed by atoms with Crippen LogP contribution in [0.4, 0.5) is 0 Å². The summed E-state index contributed by atoms with van der Waals surface area (Å²) in [6.07, 6.45) is 2.10. The van der Waals surface area contributed by atoms with E-state index in [-0.39, 0.29) is 5.91 Å². The summed E-state index contributed by atoms with van der Waals surface area (Å²) in [5.74, 6) is 0.0818. The molecule has 132 valence electrons. The largest absolute Gasteiger partial charge is 0.341 e. The highest BCUT2D eigenvalue weighted by Crippen LogP contribution is 2.30. The van der Waals surface area contributed by atoms with Crippen molar-refractivity contribution in [1.29, 1.82) is 0 Å². The monoisotopic (exact) mass is 375 g/mol. The van der Waals surface area contributed by atoms with Crippen LogP contribution in [0.2, 0.25) is 5.02 Å². The second kappa shape index (κ2) is 7.58. The normalized spacial score (nSPS) is 11.2. The van der Waals surface area contributed by atoms with Crippen molar-refractivity contribution in [3.63, 3.8) is 0 Å². The summed E-state index contributed by atoms with van der Waals surface area (Å²) >= 11 is 7.79. The van der Waals surface area contributed by atoms with Crippen LogP contribution in [0.25, 0.3) is 10.2 Å². The summed E-state index contributed by atoms with van der Waals surface area (Å²) in [5.41, 5.74) is 1.96. The van der Waals surface area contributed by atoms with E-state index in [9.17, 15) is 4.79 Å². The van der Waals surface area contributed by atoms with Crippen LogP contribution < -0.4 is 0 Å². The number of carbonyl (C=O) groups is 1. The van der Waals surface area contributed by atoms with E-state index < -0.39 is 0 Å². The Kier molecular flexibility index (Phi) is 5.45. The number of rotatable bonds is 6. The topological polar surface area (TPSA) is 38.1 Å². The van der Waals surface area contributed by atoms with Gasteiger partial charge in [0.25, 0.3) is 5.91 Å². The predicted molar refractivity (Wildman–Crippen MR) is 105 cm³/mol. The minimum absolute atomic E-state index is 0.0818. The molecule has 25 heavy (non-hydrogen) atoms. The van der Waals surface area contributed by atoms with Gasteiger partial charge in [0.05, 0.1) is 17.1 Å². The van der Waals surface area contributed by atoms with Gasteiger partial charge in [0, 0.05) is 24.0 Å². The van der Waals surface area contributed by atoms with Crippen LogP contribution in [-0.2, 0) is 6.54 Å². The van der Waals surface area contributed by atoms with Crippen LogP contribution in [0.15, 0.2) is 30.3 Å². The zero-order valence-electron chi connectivity index (χ0n) is 14.8. The first-order valence-corrected chi connectivity index (χ1v) is 9.66. The van der Waals surface area contributed by atoms with Gasteiger partial charge in [-0.15, -0.1) is 11.3 Å². The molecule has 0 spiro atoms. The fourth-order valence-corrected chi connectivity index (χ4v) is 4.15. The molecule has 1 amide bonds. The third kappa shape index (κ3) is 3.72. The van der Waals surface area contributed by atoms with Crippen molar-refractivity contribution in [2.75, 3.05) is 13.6 Å². The van der Waals surface area contributed by atoms with Crippen LogP contribution in [-0.4, -0.2) is 34.2 Å². The molecule has 2 heterocycles. The first-order chi connectivity index (χ1) is 12.0. The van der Waals surface area contributed by atoms with Crippen molar-refractivity contribution < 1.29 is 4.79 Å². The van der Waals surface area contributed by atoms with Gasteiger partial charge in [0.2, 0.25) is 0 Å². The lowest BCUT2D eigenvalue weighted by atomic mass is 10.2. The number of thiophene rings is 1. The maximum Gasteiger partial charge on any atom is 0.263 e. The average molecular weight is 376 g/mol. The number of fused-ring (bicyclic) bond motifs is 1. The van der Waals surface area contributed by atoms with E-state index in [0.29, 0.717) is 6.54 Å². The number of nitrogens with zero attached hydrogens (tertiary/aromatic N) is 3. The summed E-state index contributed by atoms with van der Waals surface area (Å²) < 4.78 is 1.94. The lowest BCUT2D eigenvalue weighted by molar-refractivity contribution is 0.0798. The van der Waals surface area contributed by atoms with Gasteiger partial charge in [0.1, 0.15) is 4.83 Å². The molecule has 0 bridgehead atoms. The Morgan fingerprint density at radius 2 is 2.12 bits per heavy atom. The van der Waals surface area contributed by atoms with Crippen LogP contribution in [0, 0.1) is 6.92 Å². The van der Waals surface area contributed by atoms with Crippen molar-refractivity contribution in [1.82, 2.24) is 14.7 Å². The number of amides is 1. The van der Waals surface area contributed by atoms with Gasteiger partial charge in [0.15, 0.2) is 0 Å². The zero-order valence-corrected chi connectivity index (χ0v) is 16.3. The third-order valence-electron chi connectivity index (χ3n) is 4.29. The summed E-state index contributed by atoms with van der Waals surface area (Å²) in [6.45, 7) is 5.50. The molecule has 0 N–H and O–H groups in total. The molecule has 2 aromatic heterocycles. The molecule has 3 rings (SSSR count). The van der Waals surface area contributed by atoms with Crippen LogP contribution in [0.3, 0.4) is 0 Å². The van der Waals surface area contributed by atoms with E-state index in [0.717, 1.165) is 50.8 Å². The molecule has 1 aromatic carbocycles. The number of benzene rings is 1. The lowest BCUT2D eigenvalue weighted by Crippen LogP contribution is -2.26. The first kappa shape index (κ1) is 18.0. The molecule has 0 unspecified atom stereocenters. The molecular weight excluding hydrogens is 354 g/mol. The highest BCUT2D eigenvalue weighted by molar-refractivity contribution is 7.20. The Labute approximate surface area is 157 Å². The van der Waals surface area contributed by atoms with Gasteiger partial charge in [-0.05, 0) is 31.0 Å². The number of hydrogen-bond donors (Lipinski definition) is 0. The van der Waals surface area contributed by atoms with Crippen molar-refractivity contribution in [3.8, 4) is 0 Å². The van der Waals surface area contributed by atoms with Gasteiger partial charge in [-0.25, -0.2) is 0 Å². The molecule has 0 fully saturated rings. The SMILES string of the molecule is CCCCN(C)C(=O)c1cc2c(C)nn(Cc3ccccc3Cl)c2s1. The van der Waals surface area contributed by atoms with Crippen molar-refractivity contribution in [2.24, 2.45) is 0 Å². The maximum atomic E-state index is 12.6. The molecule has 0 atom stereocenters. The molecule has 0 aliphatic rings. The smallest absolute Gasteiger partial charge is 0.263 e. The highest BCUT2D eigenvalue weighted by Gasteiger charge is 2.19. The van der Waals surface area contributed by atoms with Gasteiger partial charge in [-0.1, -0.05) is 43.1 Å². The first-order valence-electron chi connectivity index (χ1n) is 8.47. The fraction of sp³-hybridized carbons (Fsp3) is 0.368. The molecular formula is C19H22ClN3OS. The van der Waals surface area contributed by atoms with E-state index in [4.69, 9.17) is 11.6 Å². The van der Waals surface area contributed by atoms with Gasteiger partial charge in [-0.3, -0.25) is 9.48 Å². The van der Waals surface area contributed by atoms with Gasteiger partial charge >= 0.3 is 0 Å². The van der Waals surface area contributed by atoms with Crippen LogP contribution >= 0.6 is 22.9 Å². The number of aromatic nitrogens is 2. The molecule has 0 saturated heterocycles. The fourth-order valence-electron chi connectivity index (χ4n) is 2.80. The molecule has 0 aliphatic carbocycles. The second-order valence-electron chi connectivity index (χ2n) is 6.24. The van der Waals surface area contributed by atoms with Gasteiger partial charge < -0.3 is 4.90 Å². The minimum Gasteiger partial charge on any atom is -0.341 e. The third-order valence-corrected chi connectivity index (χ3v) is 5.80. The predicted octanol–water partition coefficient (Wildman–Crippen LogP) is 4.98. The van der Waals surface area contributed by atoms with Crippen LogP contribution in [0.5, 0.6) is 0 Å². The summed E-state index contributed by atoms with van der Waals surface area (Å²) in [7, 11) is 1.87. The maximum absolute atomic E-state index is 12.6. The average Bonchev–Trinajstić information content (AvgIpc) is 3.16. The van der Waals surface area contributed by atoms with Crippen molar-refractivity contribution in [2.45, 2.75) is 33.2 Å². The Morgan fingerprint density at radius 3 is 2.84 bits per heavy atom. The molecule has 4 nitrogen and oxygen atoms in total. The summed E-state index contributed by atoms with van der Waals surface area (Å²) in [6, 6.07) is 9.75. The molecule has 0 saturated carbocycles. The minimum atomic E-state index is 0.0818. The number of hydrogen-bond acceptors (Lipinski definition) is 3. The highest BCUT2D eigenvalue weighted by atomic mass is 35.5. The Morgan fingerprint density at radius 1 is 1.36 bits per heavy atom. The Bertz CT molecular complexity index is 899. The number of aryl methyl sites for hydroxylation is 1. The number of carbonyl (C=O) groups excluding carboxylic acids is 1. The van der Waals surface area contributed by atoms with E-state index in [2.05, 4.69) is 12.0 Å². The summed E-state index contributed by atoms with van der Waals surface area (Å²) in [5, 5.41) is 6.40. The quantitative estimate of drug-likeness (QED) is 0.609. The number of halogens is 1. The second-order valence-corrected chi connectivity index (χ2v) is 7.68. The molecule has 0 radical (unpaired) electrons. The molecule has 6 heteroatoms. The van der Waals surface area contributed by atoms with E-state index in [1.54, 1.807) is 4.90 Å².